The molecule has 1 aromatic carbocycles. The predicted octanol–water partition coefficient (Wildman–Crippen LogP) is 6.35. The van der Waals surface area contributed by atoms with Gasteiger partial charge in [0.05, 0.1) is 24.3 Å². The van der Waals surface area contributed by atoms with Gasteiger partial charge in [0.25, 0.3) is 0 Å². The molecule has 0 N–H and O–H groups in total. The van der Waals surface area contributed by atoms with Crippen molar-refractivity contribution in [2.45, 2.75) is 65.7 Å². The maximum absolute atomic E-state index is 13.0. The SMILES string of the molecule is CCCCCCCCc1c(C(=O)OCC)c(C(=O)OCC)n2ccc3ccccc3c12. The number of carbonyl (C=O) groups excluding carboxylic acids is 2. The first-order chi connectivity index (χ1) is 15.1. The molecule has 0 aliphatic carbocycles. The second kappa shape index (κ2) is 11.0. The zero-order valence-electron chi connectivity index (χ0n) is 18.9. The Labute approximate surface area is 184 Å². The van der Waals surface area contributed by atoms with E-state index in [-0.39, 0.29) is 18.9 Å². The summed E-state index contributed by atoms with van der Waals surface area (Å²) in [6.45, 7) is 6.25. The van der Waals surface area contributed by atoms with Crippen molar-refractivity contribution >= 4 is 28.2 Å². The van der Waals surface area contributed by atoms with Gasteiger partial charge in [-0.3, -0.25) is 0 Å². The Morgan fingerprint density at radius 2 is 1.52 bits per heavy atom. The maximum atomic E-state index is 13.0. The summed E-state index contributed by atoms with van der Waals surface area (Å²) in [6, 6.07) is 10.0. The minimum atomic E-state index is -0.495. The molecule has 2 aromatic heterocycles. The van der Waals surface area contributed by atoms with Crippen molar-refractivity contribution in [2.24, 2.45) is 0 Å². The fraction of sp³-hybridized carbons (Fsp3) is 0.462. The summed E-state index contributed by atoms with van der Waals surface area (Å²) in [7, 11) is 0. The highest BCUT2D eigenvalue weighted by Crippen LogP contribution is 2.32. The van der Waals surface area contributed by atoms with E-state index < -0.39 is 11.9 Å². The van der Waals surface area contributed by atoms with Gasteiger partial charge in [0.2, 0.25) is 0 Å². The number of aromatic nitrogens is 1. The van der Waals surface area contributed by atoms with E-state index in [1.54, 1.807) is 13.8 Å². The lowest BCUT2D eigenvalue weighted by Crippen LogP contribution is -2.15. The Hall–Kier alpha value is -2.82. The summed E-state index contributed by atoms with van der Waals surface area (Å²) in [5.41, 5.74) is 2.40. The van der Waals surface area contributed by atoms with Crippen LogP contribution in [-0.2, 0) is 15.9 Å². The van der Waals surface area contributed by atoms with Gasteiger partial charge in [-0.2, -0.15) is 0 Å². The number of hydrogen-bond acceptors (Lipinski definition) is 4. The van der Waals surface area contributed by atoms with Gasteiger partial charge >= 0.3 is 11.9 Å². The first-order valence-corrected chi connectivity index (χ1v) is 11.5. The number of rotatable bonds is 11. The van der Waals surface area contributed by atoms with E-state index in [1.807, 2.05) is 40.9 Å². The molecule has 3 rings (SSSR count). The minimum Gasteiger partial charge on any atom is -0.462 e. The lowest BCUT2D eigenvalue weighted by molar-refractivity contribution is 0.0473. The average Bonchev–Trinajstić information content (AvgIpc) is 3.11. The van der Waals surface area contributed by atoms with E-state index in [0.717, 1.165) is 41.1 Å². The van der Waals surface area contributed by atoms with E-state index in [2.05, 4.69) is 6.92 Å². The predicted molar refractivity (Wildman–Crippen MR) is 124 cm³/mol. The third-order valence-electron chi connectivity index (χ3n) is 5.65. The standard InChI is InChI=1S/C26H33NO4/c1-4-7-8-9-10-11-16-21-22(25(28)30-5-2)24(26(29)31-6-3)27-18-17-19-14-12-13-15-20(19)23(21)27/h12-15,17-18H,4-11,16H2,1-3H3. The highest BCUT2D eigenvalue weighted by Gasteiger charge is 2.30. The summed E-state index contributed by atoms with van der Waals surface area (Å²) in [5.74, 6) is -0.954. The van der Waals surface area contributed by atoms with E-state index in [9.17, 15) is 9.59 Å². The molecule has 3 aromatic rings. The van der Waals surface area contributed by atoms with Gasteiger partial charge in [-0.15, -0.1) is 0 Å². The number of benzene rings is 1. The Morgan fingerprint density at radius 3 is 2.26 bits per heavy atom. The molecule has 31 heavy (non-hydrogen) atoms. The number of fused-ring (bicyclic) bond motifs is 3. The van der Waals surface area contributed by atoms with Gasteiger partial charge in [0.15, 0.2) is 0 Å². The molecule has 166 valence electrons. The lowest BCUT2D eigenvalue weighted by atomic mass is 9.99. The Bertz CT molecular complexity index is 1050. The molecule has 0 atom stereocenters. The van der Waals surface area contributed by atoms with Crippen LogP contribution in [0.2, 0.25) is 0 Å². The van der Waals surface area contributed by atoms with Crippen molar-refractivity contribution in [2.75, 3.05) is 13.2 Å². The molecule has 5 heteroatoms. The van der Waals surface area contributed by atoms with E-state index in [4.69, 9.17) is 9.47 Å². The largest absolute Gasteiger partial charge is 0.462 e. The molecule has 0 radical (unpaired) electrons. The van der Waals surface area contributed by atoms with Crippen molar-refractivity contribution in [1.82, 2.24) is 4.40 Å². The molecular weight excluding hydrogens is 390 g/mol. The van der Waals surface area contributed by atoms with Crippen LogP contribution in [-0.4, -0.2) is 29.6 Å². The number of esters is 2. The van der Waals surface area contributed by atoms with Crippen LogP contribution in [0.25, 0.3) is 16.3 Å². The molecule has 0 fully saturated rings. The normalized spacial score (nSPS) is 11.2. The molecule has 5 nitrogen and oxygen atoms in total. The highest BCUT2D eigenvalue weighted by atomic mass is 16.5. The number of hydrogen-bond donors (Lipinski definition) is 0. The van der Waals surface area contributed by atoms with Crippen molar-refractivity contribution in [3.8, 4) is 0 Å². The average molecular weight is 424 g/mol. The molecule has 0 aliphatic heterocycles. The summed E-state index contributed by atoms with van der Waals surface area (Å²) in [4.78, 5) is 26.0. The molecular formula is C26H33NO4. The second-order valence-electron chi connectivity index (χ2n) is 7.78. The second-order valence-corrected chi connectivity index (χ2v) is 7.78. The summed E-state index contributed by atoms with van der Waals surface area (Å²) >= 11 is 0. The molecule has 0 spiro atoms. The third-order valence-corrected chi connectivity index (χ3v) is 5.65. The maximum Gasteiger partial charge on any atom is 0.356 e. The number of nitrogens with zero attached hydrogens (tertiary/aromatic N) is 1. The van der Waals surface area contributed by atoms with Crippen LogP contribution < -0.4 is 0 Å². The van der Waals surface area contributed by atoms with Crippen molar-refractivity contribution in [3.63, 3.8) is 0 Å². The number of aryl methyl sites for hydroxylation is 1. The van der Waals surface area contributed by atoms with Crippen molar-refractivity contribution in [3.05, 3.63) is 53.3 Å². The van der Waals surface area contributed by atoms with Gasteiger partial charge in [0.1, 0.15) is 5.69 Å². The topological polar surface area (TPSA) is 57.0 Å². The molecule has 0 unspecified atom stereocenters. The Morgan fingerprint density at radius 1 is 0.839 bits per heavy atom. The summed E-state index contributed by atoms with van der Waals surface area (Å²) < 4.78 is 12.5. The number of pyridine rings is 1. The van der Waals surface area contributed by atoms with Crippen LogP contribution in [0.5, 0.6) is 0 Å². The van der Waals surface area contributed by atoms with Crippen molar-refractivity contribution in [1.29, 1.82) is 0 Å². The van der Waals surface area contributed by atoms with E-state index >= 15 is 0 Å². The molecule has 0 amide bonds. The smallest absolute Gasteiger partial charge is 0.356 e. The Kier molecular flexibility index (Phi) is 8.10. The monoisotopic (exact) mass is 423 g/mol. The van der Waals surface area contributed by atoms with Crippen LogP contribution in [0.15, 0.2) is 36.5 Å². The fourth-order valence-corrected chi connectivity index (χ4v) is 4.24. The third kappa shape index (κ3) is 4.92. The molecule has 0 aliphatic rings. The fourth-order valence-electron chi connectivity index (χ4n) is 4.24. The lowest BCUT2D eigenvalue weighted by Gasteiger charge is -2.07. The van der Waals surface area contributed by atoms with E-state index in [0.29, 0.717) is 5.56 Å². The van der Waals surface area contributed by atoms with Gasteiger partial charge in [-0.25, -0.2) is 9.59 Å². The number of unbranched alkanes of at least 4 members (excludes halogenated alkanes) is 5. The van der Waals surface area contributed by atoms with Crippen molar-refractivity contribution < 1.29 is 19.1 Å². The van der Waals surface area contributed by atoms with Crippen LogP contribution in [0.3, 0.4) is 0 Å². The number of carbonyl (C=O) groups is 2. The van der Waals surface area contributed by atoms with Crippen LogP contribution >= 0.6 is 0 Å². The van der Waals surface area contributed by atoms with E-state index in [1.165, 1.54) is 25.7 Å². The quantitative estimate of drug-likeness (QED) is 0.266. The Balaban J connectivity index is 2.15. The first-order valence-electron chi connectivity index (χ1n) is 11.5. The summed E-state index contributed by atoms with van der Waals surface area (Å²) in [5, 5.41) is 2.09. The molecule has 0 saturated heterocycles. The van der Waals surface area contributed by atoms with Gasteiger partial charge in [-0.1, -0.05) is 63.3 Å². The highest BCUT2D eigenvalue weighted by molar-refractivity contribution is 6.10. The van der Waals surface area contributed by atoms with Gasteiger partial charge in [0, 0.05) is 11.6 Å². The van der Waals surface area contributed by atoms with Gasteiger partial charge in [-0.05, 0) is 43.7 Å². The number of ether oxygens (including phenoxy) is 2. The molecule has 0 saturated carbocycles. The molecule has 0 bridgehead atoms. The zero-order chi connectivity index (χ0) is 22.2. The minimum absolute atomic E-state index is 0.245. The first kappa shape index (κ1) is 22.9. The van der Waals surface area contributed by atoms with Crippen LogP contribution in [0.4, 0.5) is 0 Å². The van der Waals surface area contributed by atoms with Crippen LogP contribution in [0.1, 0.15) is 85.7 Å². The van der Waals surface area contributed by atoms with Crippen LogP contribution in [0, 0.1) is 0 Å². The molecule has 2 heterocycles. The zero-order valence-corrected chi connectivity index (χ0v) is 18.9. The van der Waals surface area contributed by atoms with Gasteiger partial charge < -0.3 is 13.9 Å². The summed E-state index contributed by atoms with van der Waals surface area (Å²) in [6.07, 6.45) is 9.51.